The van der Waals surface area contributed by atoms with E-state index in [9.17, 15) is 0 Å². The molecule has 1 heterocycles. The van der Waals surface area contributed by atoms with Gasteiger partial charge in [-0.15, -0.1) is 11.3 Å². The molecular formula is C10H12S. The average Bonchev–Trinajstić information content (AvgIpc) is 2.32. The van der Waals surface area contributed by atoms with Gasteiger partial charge in [-0.2, -0.15) is 0 Å². The molecule has 1 rings (SSSR count). The van der Waals surface area contributed by atoms with Crippen molar-refractivity contribution in [1.82, 2.24) is 0 Å². The van der Waals surface area contributed by atoms with E-state index in [1.54, 1.807) is 11.3 Å². The van der Waals surface area contributed by atoms with Crippen molar-refractivity contribution in [3.05, 3.63) is 35.0 Å². The Labute approximate surface area is 71.9 Å². The maximum atomic E-state index is 3.91. The van der Waals surface area contributed by atoms with Gasteiger partial charge >= 0.3 is 0 Å². The third-order valence-electron chi connectivity index (χ3n) is 1.51. The Morgan fingerprint density at radius 2 is 1.91 bits per heavy atom. The van der Waals surface area contributed by atoms with E-state index in [0.717, 1.165) is 11.1 Å². The lowest BCUT2D eigenvalue weighted by Gasteiger charge is -2.00. The van der Waals surface area contributed by atoms with Gasteiger partial charge in [-0.3, -0.25) is 0 Å². The molecule has 0 atom stereocenters. The highest BCUT2D eigenvalue weighted by Crippen LogP contribution is 2.28. The molecule has 0 unspecified atom stereocenters. The van der Waals surface area contributed by atoms with Crippen molar-refractivity contribution in [2.24, 2.45) is 0 Å². The van der Waals surface area contributed by atoms with E-state index in [4.69, 9.17) is 0 Å². The Bertz CT molecular complexity index is 263. The molecule has 58 valence electrons. The quantitative estimate of drug-likeness (QED) is 0.623. The molecule has 1 heteroatoms. The summed E-state index contributed by atoms with van der Waals surface area (Å²) < 4.78 is 0. The van der Waals surface area contributed by atoms with Gasteiger partial charge in [0.05, 0.1) is 0 Å². The summed E-state index contributed by atoms with van der Waals surface area (Å²) >= 11 is 1.73. The predicted octanol–water partition coefficient (Wildman–Crippen LogP) is 3.81. The lowest BCUT2D eigenvalue weighted by molar-refractivity contribution is 1.62. The van der Waals surface area contributed by atoms with Crippen molar-refractivity contribution in [3.63, 3.8) is 0 Å². The zero-order chi connectivity index (χ0) is 8.43. The molecule has 0 radical (unpaired) electrons. The molecule has 0 N–H and O–H groups in total. The van der Waals surface area contributed by atoms with E-state index >= 15 is 0 Å². The molecule has 0 saturated heterocycles. The molecule has 0 aromatic carbocycles. The first-order chi connectivity index (χ1) is 5.13. The van der Waals surface area contributed by atoms with Gasteiger partial charge in [-0.1, -0.05) is 13.2 Å². The van der Waals surface area contributed by atoms with E-state index < -0.39 is 0 Å². The second-order valence-electron chi connectivity index (χ2n) is 2.72. The van der Waals surface area contributed by atoms with E-state index in [1.165, 1.54) is 10.4 Å². The Hall–Kier alpha value is -0.820. The van der Waals surface area contributed by atoms with Crippen LogP contribution in [0.1, 0.15) is 24.3 Å². The number of allylic oxidation sites excluding steroid dienone is 2. The van der Waals surface area contributed by atoms with Crippen LogP contribution in [0.2, 0.25) is 0 Å². The SMILES string of the molecule is C=C(C)c1ccsc1C(=C)C. The van der Waals surface area contributed by atoms with Crippen LogP contribution in [0.25, 0.3) is 11.1 Å². The molecule has 0 fully saturated rings. The van der Waals surface area contributed by atoms with Crippen LogP contribution in [0, 0.1) is 0 Å². The van der Waals surface area contributed by atoms with E-state index in [1.807, 2.05) is 13.8 Å². The highest BCUT2D eigenvalue weighted by Gasteiger charge is 2.03. The molecule has 11 heavy (non-hydrogen) atoms. The number of rotatable bonds is 2. The van der Waals surface area contributed by atoms with Gasteiger partial charge in [-0.05, 0) is 42.0 Å². The molecule has 1 aromatic heterocycles. The monoisotopic (exact) mass is 164 g/mol. The van der Waals surface area contributed by atoms with Crippen LogP contribution in [-0.4, -0.2) is 0 Å². The molecule has 0 aliphatic heterocycles. The summed E-state index contributed by atoms with van der Waals surface area (Å²) in [5, 5.41) is 2.08. The van der Waals surface area contributed by atoms with Crippen LogP contribution in [0.5, 0.6) is 0 Å². The summed E-state index contributed by atoms with van der Waals surface area (Å²) in [5.41, 5.74) is 3.48. The van der Waals surface area contributed by atoms with Gasteiger partial charge < -0.3 is 0 Å². The van der Waals surface area contributed by atoms with E-state index in [-0.39, 0.29) is 0 Å². The molecule has 0 aliphatic rings. The van der Waals surface area contributed by atoms with Crippen LogP contribution in [0.15, 0.2) is 24.6 Å². The molecule has 1 aromatic rings. The molecular weight excluding hydrogens is 152 g/mol. The summed E-state index contributed by atoms with van der Waals surface area (Å²) in [4.78, 5) is 1.26. The van der Waals surface area contributed by atoms with Crippen molar-refractivity contribution in [2.75, 3.05) is 0 Å². The van der Waals surface area contributed by atoms with E-state index in [0.29, 0.717) is 0 Å². The fraction of sp³-hybridized carbons (Fsp3) is 0.200. The van der Waals surface area contributed by atoms with Crippen molar-refractivity contribution in [1.29, 1.82) is 0 Å². The minimum Gasteiger partial charge on any atom is -0.144 e. The minimum atomic E-state index is 1.12. The van der Waals surface area contributed by atoms with Crippen molar-refractivity contribution in [2.45, 2.75) is 13.8 Å². The summed E-state index contributed by atoms with van der Waals surface area (Å²) in [6.07, 6.45) is 0. The van der Waals surface area contributed by atoms with Gasteiger partial charge in [0.1, 0.15) is 0 Å². The fourth-order valence-electron chi connectivity index (χ4n) is 0.976. The summed E-state index contributed by atoms with van der Waals surface area (Å²) in [5.74, 6) is 0. The molecule has 0 nitrogen and oxygen atoms in total. The van der Waals surface area contributed by atoms with Crippen LogP contribution in [0.4, 0.5) is 0 Å². The highest BCUT2D eigenvalue weighted by molar-refractivity contribution is 7.11. The lowest BCUT2D eigenvalue weighted by Crippen LogP contribution is -1.78. The fourth-order valence-corrected chi connectivity index (χ4v) is 1.89. The number of hydrogen-bond acceptors (Lipinski definition) is 1. The molecule has 0 amide bonds. The first kappa shape index (κ1) is 8.28. The van der Waals surface area contributed by atoms with Gasteiger partial charge in [0.25, 0.3) is 0 Å². The molecule has 0 saturated carbocycles. The third kappa shape index (κ3) is 1.60. The van der Waals surface area contributed by atoms with Gasteiger partial charge in [0, 0.05) is 4.88 Å². The maximum Gasteiger partial charge on any atom is 0.0368 e. The van der Waals surface area contributed by atoms with Crippen LogP contribution in [-0.2, 0) is 0 Å². The third-order valence-corrected chi connectivity index (χ3v) is 2.59. The second kappa shape index (κ2) is 3.05. The topological polar surface area (TPSA) is 0 Å². The van der Waals surface area contributed by atoms with Crippen molar-refractivity contribution < 1.29 is 0 Å². The van der Waals surface area contributed by atoms with E-state index in [2.05, 4.69) is 24.6 Å². The first-order valence-corrected chi connectivity index (χ1v) is 4.40. The standard InChI is InChI=1S/C10H12S/c1-7(2)9-5-6-11-10(9)8(3)4/h5-6H,1,3H2,2,4H3. The Morgan fingerprint density at radius 3 is 2.27 bits per heavy atom. The molecule has 0 aliphatic carbocycles. The number of hydrogen-bond donors (Lipinski definition) is 0. The number of thiophene rings is 1. The van der Waals surface area contributed by atoms with Crippen molar-refractivity contribution >= 4 is 22.5 Å². The second-order valence-corrected chi connectivity index (χ2v) is 3.64. The smallest absolute Gasteiger partial charge is 0.0368 e. The van der Waals surface area contributed by atoms with Gasteiger partial charge in [0.15, 0.2) is 0 Å². The van der Waals surface area contributed by atoms with Crippen LogP contribution >= 0.6 is 11.3 Å². The van der Waals surface area contributed by atoms with Gasteiger partial charge in [-0.25, -0.2) is 0 Å². The molecule has 0 spiro atoms. The Kier molecular flexibility index (Phi) is 2.30. The van der Waals surface area contributed by atoms with Crippen LogP contribution in [0.3, 0.4) is 0 Å². The average molecular weight is 164 g/mol. The summed E-state index contributed by atoms with van der Waals surface area (Å²) in [6, 6.07) is 2.09. The summed E-state index contributed by atoms with van der Waals surface area (Å²) in [7, 11) is 0. The lowest BCUT2D eigenvalue weighted by atomic mass is 10.1. The van der Waals surface area contributed by atoms with Crippen LogP contribution < -0.4 is 0 Å². The predicted molar refractivity (Wildman–Crippen MR) is 53.7 cm³/mol. The highest BCUT2D eigenvalue weighted by atomic mass is 32.1. The molecule has 0 bridgehead atoms. The zero-order valence-electron chi connectivity index (χ0n) is 6.98. The Morgan fingerprint density at radius 1 is 1.27 bits per heavy atom. The zero-order valence-corrected chi connectivity index (χ0v) is 7.79. The first-order valence-electron chi connectivity index (χ1n) is 3.52. The van der Waals surface area contributed by atoms with Gasteiger partial charge in [0.2, 0.25) is 0 Å². The summed E-state index contributed by atoms with van der Waals surface area (Å²) in [6.45, 7) is 11.9. The normalized spacial score (nSPS) is 9.64. The maximum absolute atomic E-state index is 3.91. The van der Waals surface area contributed by atoms with Crippen molar-refractivity contribution in [3.8, 4) is 0 Å². The largest absolute Gasteiger partial charge is 0.144 e. The Balaban J connectivity index is 3.16. The minimum absolute atomic E-state index is 1.12.